The first kappa shape index (κ1) is 31.4. The zero-order valence-electron chi connectivity index (χ0n) is 24.7. The molecule has 2 amide bonds. The van der Waals surface area contributed by atoms with E-state index in [1.54, 1.807) is 24.1 Å². The molecule has 1 aliphatic carbocycles. The van der Waals surface area contributed by atoms with Crippen LogP contribution in [0.2, 0.25) is 0 Å². The number of nitrogens with one attached hydrogen (secondary N) is 2. The third kappa shape index (κ3) is 8.05. The number of carbonyl (C=O) groups excluding carboxylic acids is 3. The first-order chi connectivity index (χ1) is 19.9. The van der Waals surface area contributed by atoms with Gasteiger partial charge in [-0.05, 0) is 56.2 Å². The molecule has 3 fully saturated rings. The number of esters is 1. The van der Waals surface area contributed by atoms with Crippen molar-refractivity contribution in [3.05, 3.63) is 35.6 Å². The molecule has 0 unspecified atom stereocenters. The molecule has 4 rings (SSSR count). The van der Waals surface area contributed by atoms with Gasteiger partial charge in [-0.2, -0.15) is 0 Å². The molecule has 2 saturated heterocycles. The Balaban J connectivity index is 1.46. The molecule has 0 bridgehead atoms. The number of ether oxygens (including phenoxy) is 2. The second-order valence-electron chi connectivity index (χ2n) is 11.7. The molecule has 228 valence electrons. The fourth-order valence-corrected chi connectivity index (χ4v) is 6.79. The standard InChI is InChI=1S/C31H47FN4O5/c1-3-41-30(39)31(24-7-5-4-6-8-24)13-16-36(17-14-31)29(38)26(21-23-9-11-25(32)12-10-23)34-28(37)27-22-35(18-15-33-27)19-20-40-2/h9-12,24,26-27,33H,3-8,13-22H2,1-2H3,(H,34,37)/t26-,27-/m1/s1. The first-order valence-corrected chi connectivity index (χ1v) is 15.3. The lowest BCUT2D eigenvalue weighted by Gasteiger charge is -2.46. The summed E-state index contributed by atoms with van der Waals surface area (Å²) in [4.78, 5) is 44.6. The number of hydrogen-bond donors (Lipinski definition) is 2. The highest BCUT2D eigenvalue weighted by Crippen LogP contribution is 2.47. The van der Waals surface area contributed by atoms with Crippen LogP contribution < -0.4 is 10.6 Å². The number of rotatable bonds is 11. The average Bonchev–Trinajstić information content (AvgIpc) is 3.01. The van der Waals surface area contributed by atoms with Gasteiger partial charge < -0.3 is 25.0 Å². The predicted molar refractivity (Wildman–Crippen MR) is 154 cm³/mol. The van der Waals surface area contributed by atoms with E-state index in [1.807, 2.05) is 6.92 Å². The van der Waals surface area contributed by atoms with Crippen LogP contribution in [0.1, 0.15) is 57.4 Å². The molecule has 0 radical (unpaired) electrons. The second-order valence-corrected chi connectivity index (χ2v) is 11.7. The Bertz CT molecular complexity index is 1010. The minimum absolute atomic E-state index is 0.128. The summed E-state index contributed by atoms with van der Waals surface area (Å²) in [6.45, 7) is 6.40. The lowest BCUT2D eigenvalue weighted by atomic mass is 9.63. The lowest BCUT2D eigenvalue weighted by molar-refractivity contribution is -0.166. The SMILES string of the molecule is CCOC(=O)C1(C2CCCCC2)CCN(C(=O)[C@@H](Cc2ccc(F)cc2)NC(=O)[C@H]2CN(CCOC)CCN2)CC1. The van der Waals surface area contributed by atoms with Gasteiger partial charge in [0.25, 0.3) is 0 Å². The van der Waals surface area contributed by atoms with Gasteiger partial charge >= 0.3 is 5.97 Å². The van der Waals surface area contributed by atoms with Crippen LogP contribution in [0.15, 0.2) is 24.3 Å². The minimum Gasteiger partial charge on any atom is -0.466 e. The fraction of sp³-hybridized carbons (Fsp3) is 0.710. The van der Waals surface area contributed by atoms with Crippen molar-refractivity contribution >= 4 is 17.8 Å². The van der Waals surface area contributed by atoms with Crippen molar-refractivity contribution in [2.75, 3.05) is 59.6 Å². The topological polar surface area (TPSA) is 100 Å². The van der Waals surface area contributed by atoms with Crippen molar-refractivity contribution in [1.82, 2.24) is 20.4 Å². The predicted octanol–water partition coefficient (Wildman–Crippen LogP) is 2.53. The highest BCUT2D eigenvalue weighted by molar-refractivity contribution is 5.90. The Morgan fingerprint density at radius 1 is 1.10 bits per heavy atom. The Morgan fingerprint density at radius 3 is 2.46 bits per heavy atom. The summed E-state index contributed by atoms with van der Waals surface area (Å²) in [6.07, 6.45) is 6.88. The number of carbonyl (C=O) groups is 3. The smallest absolute Gasteiger partial charge is 0.312 e. The van der Waals surface area contributed by atoms with E-state index in [0.717, 1.165) is 44.3 Å². The zero-order valence-corrected chi connectivity index (χ0v) is 24.7. The van der Waals surface area contributed by atoms with Gasteiger partial charge in [0.05, 0.1) is 24.7 Å². The Morgan fingerprint density at radius 2 is 1.80 bits per heavy atom. The molecule has 41 heavy (non-hydrogen) atoms. The molecule has 3 aliphatic rings. The molecule has 2 atom stereocenters. The van der Waals surface area contributed by atoms with E-state index < -0.39 is 17.5 Å². The number of piperazine rings is 1. The summed E-state index contributed by atoms with van der Waals surface area (Å²) >= 11 is 0. The molecule has 2 N–H and O–H groups in total. The van der Waals surface area contributed by atoms with Crippen molar-refractivity contribution in [2.24, 2.45) is 11.3 Å². The zero-order chi connectivity index (χ0) is 29.2. The van der Waals surface area contributed by atoms with E-state index in [0.29, 0.717) is 52.2 Å². The van der Waals surface area contributed by atoms with Crippen LogP contribution in [-0.2, 0) is 30.3 Å². The van der Waals surface area contributed by atoms with Crippen molar-refractivity contribution in [1.29, 1.82) is 0 Å². The minimum atomic E-state index is -0.797. The average molecular weight is 575 g/mol. The monoisotopic (exact) mass is 574 g/mol. The fourth-order valence-electron chi connectivity index (χ4n) is 6.79. The third-order valence-corrected chi connectivity index (χ3v) is 9.19. The Hall–Kier alpha value is -2.56. The number of likely N-dealkylation sites (tertiary alicyclic amines) is 1. The lowest BCUT2D eigenvalue weighted by Crippen LogP contribution is -2.61. The third-order valence-electron chi connectivity index (χ3n) is 9.19. The maximum absolute atomic E-state index is 14.0. The molecular formula is C31H47FN4O5. The summed E-state index contributed by atoms with van der Waals surface area (Å²) in [7, 11) is 1.66. The van der Waals surface area contributed by atoms with Crippen LogP contribution in [0.25, 0.3) is 0 Å². The quantitative estimate of drug-likeness (QED) is 0.392. The molecule has 1 saturated carbocycles. The summed E-state index contributed by atoms with van der Waals surface area (Å²) in [6, 6.07) is 4.79. The Kier molecular flexibility index (Phi) is 11.5. The van der Waals surface area contributed by atoms with E-state index >= 15 is 0 Å². The molecule has 0 spiro atoms. The molecule has 1 aromatic carbocycles. The summed E-state index contributed by atoms with van der Waals surface area (Å²) in [5.74, 6) is -0.599. The van der Waals surface area contributed by atoms with Gasteiger partial charge in [-0.1, -0.05) is 31.4 Å². The highest BCUT2D eigenvalue weighted by Gasteiger charge is 2.49. The number of nitrogens with zero attached hydrogens (tertiary/aromatic N) is 2. The molecule has 9 nitrogen and oxygen atoms in total. The van der Waals surface area contributed by atoms with Gasteiger partial charge in [-0.3, -0.25) is 19.3 Å². The van der Waals surface area contributed by atoms with Crippen LogP contribution in [-0.4, -0.2) is 99.3 Å². The van der Waals surface area contributed by atoms with Crippen LogP contribution in [0.3, 0.4) is 0 Å². The van der Waals surface area contributed by atoms with Gasteiger partial charge in [-0.25, -0.2) is 4.39 Å². The summed E-state index contributed by atoms with van der Waals surface area (Å²) in [5.41, 5.74) is 0.212. The Labute approximate surface area is 243 Å². The number of benzene rings is 1. The van der Waals surface area contributed by atoms with Gasteiger partial charge in [0, 0.05) is 52.8 Å². The van der Waals surface area contributed by atoms with Crippen LogP contribution in [0, 0.1) is 17.2 Å². The maximum atomic E-state index is 14.0. The van der Waals surface area contributed by atoms with Crippen molar-refractivity contribution in [3.8, 4) is 0 Å². The van der Waals surface area contributed by atoms with Gasteiger partial charge in [0.2, 0.25) is 11.8 Å². The molecule has 2 aliphatic heterocycles. The second kappa shape index (κ2) is 15.1. The van der Waals surface area contributed by atoms with Crippen molar-refractivity contribution in [3.63, 3.8) is 0 Å². The number of hydrogen-bond acceptors (Lipinski definition) is 7. The van der Waals surface area contributed by atoms with Crippen LogP contribution in [0.4, 0.5) is 4.39 Å². The van der Waals surface area contributed by atoms with Crippen LogP contribution >= 0.6 is 0 Å². The normalized spacial score (nSPS) is 22.6. The molecule has 0 aromatic heterocycles. The van der Waals surface area contributed by atoms with Crippen molar-refractivity contribution in [2.45, 2.75) is 70.4 Å². The molecule has 1 aromatic rings. The molecular weight excluding hydrogens is 527 g/mol. The number of piperidine rings is 1. The van der Waals surface area contributed by atoms with E-state index in [1.165, 1.54) is 18.6 Å². The first-order valence-electron chi connectivity index (χ1n) is 15.3. The summed E-state index contributed by atoms with van der Waals surface area (Å²) < 4.78 is 24.4. The van der Waals surface area contributed by atoms with Crippen molar-refractivity contribution < 1.29 is 28.2 Å². The number of methoxy groups -OCH3 is 1. The maximum Gasteiger partial charge on any atom is 0.312 e. The highest BCUT2D eigenvalue weighted by atomic mass is 19.1. The molecule has 2 heterocycles. The van der Waals surface area contributed by atoms with E-state index in [2.05, 4.69) is 15.5 Å². The van der Waals surface area contributed by atoms with Gasteiger partial charge in [0.15, 0.2) is 0 Å². The van der Waals surface area contributed by atoms with E-state index in [-0.39, 0.29) is 35.9 Å². The molecule has 10 heteroatoms. The van der Waals surface area contributed by atoms with E-state index in [9.17, 15) is 18.8 Å². The number of amides is 2. The van der Waals surface area contributed by atoms with Crippen LogP contribution in [0.5, 0.6) is 0 Å². The van der Waals surface area contributed by atoms with E-state index in [4.69, 9.17) is 9.47 Å². The summed E-state index contributed by atoms with van der Waals surface area (Å²) in [5, 5.41) is 6.29. The largest absolute Gasteiger partial charge is 0.466 e. The number of halogens is 1. The van der Waals surface area contributed by atoms with Gasteiger partial charge in [-0.15, -0.1) is 0 Å². The van der Waals surface area contributed by atoms with Gasteiger partial charge in [0.1, 0.15) is 11.9 Å².